The summed E-state index contributed by atoms with van der Waals surface area (Å²) in [6, 6.07) is 6.57. The van der Waals surface area contributed by atoms with Gasteiger partial charge in [-0.05, 0) is 11.6 Å². The number of hydrogen-bond donors (Lipinski definition) is 2. The van der Waals surface area contributed by atoms with E-state index in [4.69, 9.17) is 11.6 Å². The van der Waals surface area contributed by atoms with Gasteiger partial charge in [0, 0.05) is 24.3 Å². The molecule has 0 amide bonds. The van der Waals surface area contributed by atoms with Crippen molar-refractivity contribution in [3.8, 4) is 0 Å². The maximum absolute atomic E-state index is 12.4. The standard InChI is InChI=1S/C13H16ClN5O2S.ClH/c14-11-4-2-1-3-10(11)9-22(20,21)17-12-7-15-8-13(12)19-6-5-16-18-19;/h1-6,12-13,15,17H,7-9H2;1H/t12-,13+;/m1./s1. The molecule has 3 rings (SSSR count). The van der Waals surface area contributed by atoms with Crippen molar-refractivity contribution in [2.24, 2.45) is 0 Å². The highest BCUT2D eigenvalue weighted by Crippen LogP contribution is 2.19. The Hall–Kier alpha value is -1.19. The van der Waals surface area contributed by atoms with Crippen LogP contribution >= 0.6 is 24.0 Å². The lowest BCUT2D eigenvalue weighted by Gasteiger charge is -2.20. The van der Waals surface area contributed by atoms with E-state index in [2.05, 4.69) is 20.4 Å². The quantitative estimate of drug-likeness (QED) is 0.810. The molecule has 2 heterocycles. The summed E-state index contributed by atoms with van der Waals surface area (Å²) in [7, 11) is -3.50. The highest BCUT2D eigenvalue weighted by atomic mass is 35.5. The minimum absolute atomic E-state index is 0. The van der Waals surface area contributed by atoms with Crippen LogP contribution < -0.4 is 10.0 Å². The summed E-state index contributed by atoms with van der Waals surface area (Å²) in [5.74, 6) is -0.146. The van der Waals surface area contributed by atoms with E-state index in [1.165, 1.54) is 0 Å². The molecule has 1 fully saturated rings. The van der Waals surface area contributed by atoms with Crippen LogP contribution in [0.3, 0.4) is 0 Å². The van der Waals surface area contributed by atoms with Crippen LogP contribution in [0.5, 0.6) is 0 Å². The monoisotopic (exact) mass is 377 g/mol. The van der Waals surface area contributed by atoms with Crippen molar-refractivity contribution < 1.29 is 8.42 Å². The SMILES string of the molecule is Cl.O=S(=O)(Cc1ccccc1Cl)N[C@@H]1CNC[C@@H]1n1ccnn1. The highest BCUT2D eigenvalue weighted by molar-refractivity contribution is 7.88. The van der Waals surface area contributed by atoms with E-state index >= 15 is 0 Å². The zero-order chi connectivity index (χ0) is 15.6. The Morgan fingerprint density at radius 2 is 2.13 bits per heavy atom. The van der Waals surface area contributed by atoms with Gasteiger partial charge in [-0.1, -0.05) is 35.0 Å². The number of nitrogens with zero attached hydrogens (tertiary/aromatic N) is 3. The van der Waals surface area contributed by atoms with Crippen LogP contribution in [0.1, 0.15) is 11.6 Å². The maximum Gasteiger partial charge on any atom is 0.216 e. The van der Waals surface area contributed by atoms with Gasteiger partial charge in [0.2, 0.25) is 10.0 Å². The third kappa shape index (κ3) is 4.42. The van der Waals surface area contributed by atoms with Crippen LogP contribution in [0.15, 0.2) is 36.7 Å². The summed E-state index contributed by atoms with van der Waals surface area (Å²) in [5.41, 5.74) is 0.583. The van der Waals surface area contributed by atoms with Crippen molar-refractivity contribution in [1.29, 1.82) is 0 Å². The van der Waals surface area contributed by atoms with Gasteiger partial charge in [-0.25, -0.2) is 17.8 Å². The van der Waals surface area contributed by atoms with Crippen molar-refractivity contribution in [1.82, 2.24) is 25.0 Å². The summed E-state index contributed by atoms with van der Waals surface area (Å²) >= 11 is 6.03. The summed E-state index contributed by atoms with van der Waals surface area (Å²) in [5, 5.41) is 11.3. The van der Waals surface area contributed by atoms with E-state index in [0.717, 1.165) is 0 Å². The van der Waals surface area contributed by atoms with Gasteiger partial charge >= 0.3 is 0 Å². The van der Waals surface area contributed by atoms with Crippen LogP contribution in [0.25, 0.3) is 0 Å². The molecule has 1 aromatic heterocycles. The number of aromatic nitrogens is 3. The fourth-order valence-corrected chi connectivity index (χ4v) is 4.28. The third-order valence-corrected chi connectivity index (χ3v) is 5.32. The number of rotatable bonds is 5. The van der Waals surface area contributed by atoms with Gasteiger partial charge < -0.3 is 5.32 Å². The first-order valence-electron chi connectivity index (χ1n) is 6.85. The Bertz CT molecular complexity index is 739. The van der Waals surface area contributed by atoms with Crippen LogP contribution in [-0.2, 0) is 15.8 Å². The van der Waals surface area contributed by atoms with Gasteiger partial charge in [-0.3, -0.25) is 0 Å². The first kappa shape index (κ1) is 18.2. The molecule has 1 aromatic carbocycles. The second-order valence-electron chi connectivity index (χ2n) is 5.18. The molecule has 23 heavy (non-hydrogen) atoms. The van der Waals surface area contributed by atoms with Gasteiger partial charge in [0.05, 0.1) is 24.0 Å². The lowest BCUT2D eigenvalue weighted by Crippen LogP contribution is -2.41. The third-order valence-electron chi connectivity index (χ3n) is 3.60. The van der Waals surface area contributed by atoms with E-state index < -0.39 is 10.0 Å². The van der Waals surface area contributed by atoms with Crippen molar-refractivity contribution >= 4 is 34.0 Å². The molecule has 2 aromatic rings. The Morgan fingerprint density at radius 1 is 1.35 bits per heavy atom. The largest absolute Gasteiger partial charge is 0.313 e. The van der Waals surface area contributed by atoms with Gasteiger partial charge in [0.1, 0.15) is 0 Å². The average molecular weight is 378 g/mol. The Morgan fingerprint density at radius 3 is 2.83 bits per heavy atom. The Kier molecular flexibility index (Phi) is 5.99. The number of sulfonamides is 1. The second-order valence-corrected chi connectivity index (χ2v) is 7.34. The molecule has 0 spiro atoms. The number of benzene rings is 1. The van der Waals surface area contributed by atoms with Crippen molar-refractivity contribution in [3.63, 3.8) is 0 Å². The average Bonchev–Trinajstić information content (AvgIpc) is 3.11. The predicted molar refractivity (Wildman–Crippen MR) is 90.2 cm³/mol. The minimum atomic E-state index is -3.50. The summed E-state index contributed by atoms with van der Waals surface area (Å²) < 4.78 is 29.2. The molecule has 0 saturated carbocycles. The van der Waals surface area contributed by atoms with Crippen molar-refractivity contribution in [3.05, 3.63) is 47.2 Å². The maximum atomic E-state index is 12.4. The van der Waals surface area contributed by atoms with E-state index in [0.29, 0.717) is 23.7 Å². The Balaban J connectivity index is 0.00000192. The molecule has 1 saturated heterocycles. The zero-order valence-electron chi connectivity index (χ0n) is 12.1. The van der Waals surface area contributed by atoms with Crippen LogP contribution in [0.4, 0.5) is 0 Å². The molecule has 0 radical (unpaired) electrons. The van der Waals surface area contributed by atoms with E-state index in [-0.39, 0.29) is 30.2 Å². The lowest BCUT2D eigenvalue weighted by molar-refractivity contribution is 0.413. The molecular formula is C13H17Cl2N5O2S. The summed E-state index contributed by atoms with van der Waals surface area (Å²) in [6.45, 7) is 1.19. The first-order valence-corrected chi connectivity index (χ1v) is 8.88. The number of hydrogen-bond acceptors (Lipinski definition) is 5. The molecular weight excluding hydrogens is 361 g/mol. The second kappa shape index (κ2) is 7.59. The lowest BCUT2D eigenvalue weighted by atomic mass is 10.2. The first-order chi connectivity index (χ1) is 10.6. The van der Waals surface area contributed by atoms with Crippen molar-refractivity contribution in [2.75, 3.05) is 13.1 Å². The molecule has 0 unspecified atom stereocenters. The van der Waals surface area contributed by atoms with Gasteiger partial charge in [-0.2, -0.15) is 0 Å². The predicted octanol–water partition coefficient (Wildman–Crippen LogP) is 0.986. The molecule has 0 bridgehead atoms. The fourth-order valence-electron chi connectivity index (χ4n) is 2.55. The molecule has 2 N–H and O–H groups in total. The minimum Gasteiger partial charge on any atom is -0.313 e. The fraction of sp³-hybridized carbons (Fsp3) is 0.385. The van der Waals surface area contributed by atoms with Crippen molar-refractivity contribution in [2.45, 2.75) is 17.8 Å². The molecule has 126 valence electrons. The molecule has 2 atom stereocenters. The van der Waals surface area contributed by atoms with Gasteiger partial charge in [0.25, 0.3) is 0 Å². The van der Waals surface area contributed by atoms with Gasteiger partial charge in [-0.15, -0.1) is 17.5 Å². The van der Waals surface area contributed by atoms with E-state index in [9.17, 15) is 8.42 Å². The normalized spacial score (nSPS) is 21.1. The number of nitrogens with one attached hydrogen (secondary N) is 2. The topological polar surface area (TPSA) is 88.9 Å². The number of halogens is 2. The molecule has 1 aliphatic heterocycles. The molecule has 10 heteroatoms. The smallest absolute Gasteiger partial charge is 0.216 e. The van der Waals surface area contributed by atoms with E-state index in [1.54, 1.807) is 41.3 Å². The molecule has 7 nitrogen and oxygen atoms in total. The van der Waals surface area contributed by atoms with Gasteiger partial charge in [0.15, 0.2) is 0 Å². The molecule has 0 aliphatic carbocycles. The van der Waals surface area contributed by atoms with E-state index in [1.807, 2.05) is 0 Å². The Labute approximate surface area is 145 Å². The van der Waals surface area contributed by atoms with Crippen LogP contribution in [0.2, 0.25) is 5.02 Å². The van der Waals surface area contributed by atoms with Crippen LogP contribution in [0, 0.1) is 0 Å². The summed E-state index contributed by atoms with van der Waals surface area (Å²) in [4.78, 5) is 0. The molecule has 1 aliphatic rings. The highest BCUT2D eigenvalue weighted by Gasteiger charge is 2.32. The summed E-state index contributed by atoms with van der Waals surface area (Å²) in [6.07, 6.45) is 3.31. The van der Waals surface area contributed by atoms with Crippen LogP contribution in [-0.4, -0.2) is 42.5 Å². The zero-order valence-corrected chi connectivity index (χ0v) is 14.5.